The maximum Gasteiger partial charge on any atom is 0.261 e. The summed E-state index contributed by atoms with van der Waals surface area (Å²) in [6.45, 7) is 3.48. The first-order valence-electron chi connectivity index (χ1n) is 6.94. The van der Waals surface area contributed by atoms with Gasteiger partial charge in [0, 0.05) is 4.47 Å². The number of ether oxygens (including phenoxy) is 1. The Morgan fingerprint density at radius 3 is 2.50 bits per heavy atom. The molecule has 0 heterocycles. The lowest BCUT2D eigenvalue weighted by Gasteiger charge is -2.19. The largest absolute Gasteiger partial charge is 0.478 e. The van der Waals surface area contributed by atoms with Gasteiger partial charge < -0.3 is 10.1 Å². The molecule has 0 aliphatic heterocycles. The fourth-order valence-corrected chi connectivity index (χ4v) is 2.30. The molecule has 2 rings (SSSR count). The molecule has 1 amide bonds. The zero-order chi connectivity index (χ0) is 16.1. The van der Waals surface area contributed by atoms with E-state index in [0.717, 1.165) is 5.56 Å². The molecule has 1 N–H and O–H groups in total. The first kappa shape index (κ1) is 16.5. The van der Waals surface area contributed by atoms with Crippen LogP contribution in [0.15, 0.2) is 53.0 Å². The standard InChI is InChI=1S/C17H17BrFNO2/c1-11(13-6-4-3-5-7-13)20-17(21)12(2)22-16-9-8-14(18)10-15(16)19/h3-12H,1-2H3,(H,20,21). The smallest absolute Gasteiger partial charge is 0.261 e. The molecule has 0 saturated heterocycles. The third kappa shape index (κ3) is 4.31. The highest BCUT2D eigenvalue weighted by atomic mass is 79.9. The van der Waals surface area contributed by atoms with E-state index in [1.54, 1.807) is 13.0 Å². The van der Waals surface area contributed by atoms with Gasteiger partial charge in [-0.1, -0.05) is 46.3 Å². The van der Waals surface area contributed by atoms with Crippen LogP contribution in [0.2, 0.25) is 0 Å². The lowest BCUT2D eigenvalue weighted by atomic mass is 10.1. The number of carbonyl (C=O) groups excluding carboxylic acids is 1. The van der Waals surface area contributed by atoms with Crippen molar-refractivity contribution >= 4 is 21.8 Å². The number of benzene rings is 2. The fourth-order valence-electron chi connectivity index (χ4n) is 1.97. The zero-order valence-corrected chi connectivity index (χ0v) is 13.9. The predicted octanol–water partition coefficient (Wildman–Crippen LogP) is 4.23. The van der Waals surface area contributed by atoms with E-state index in [1.165, 1.54) is 12.1 Å². The Labute approximate surface area is 137 Å². The van der Waals surface area contributed by atoms with Crippen LogP contribution in [0.1, 0.15) is 25.5 Å². The van der Waals surface area contributed by atoms with Crippen molar-refractivity contribution in [2.45, 2.75) is 26.0 Å². The molecule has 0 radical (unpaired) electrons. The lowest BCUT2D eigenvalue weighted by molar-refractivity contribution is -0.128. The molecule has 0 bridgehead atoms. The van der Waals surface area contributed by atoms with E-state index in [2.05, 4.69) is 21.2 Å². The molecule has 22 heavy (non-hydrogen) atoms. The number of rotatable bonds is 5. The number of nitrogens with one attached hydrogen (secondary N) is 1. The number of amides is 1. The van der Waals surface area contributed by atoms with Crippen LogP contribution in [0, 0.1) is 5.82 Å². The first-order chi connectivity index (χ1) is 10.5. The first-order valence-corrected chi connectivity index (χ1v) is 7.73. The molecule has 5 heteroatoms. The number of halogens is 2. The van der Waals surface area contributed by atoms with Crippen molar-refractivity contribution in [2.75, 3.05) is 0 Å². The van der Waals surface area contributed by atoms with Gasteiger partial charge in [0.1, 0.15) is 0 Å². The van der Waals surface area contributed by atoms with Gasteiger partial charge in [0.2, 0.25) is 0 Å². The Morgan fingerprint density at radius 1 is 1.18 bits per heavy atom. The van der Waals surface area contributed by atoms with Gasteiger partial charge in [-0.2, -0.15) is 0 Å². The Hall–Kier alpha value is -1.88. The Bertz CT molecular complexity index is 648. The molecule has 0 aliphatic carbocycles. The van der Waals surface area contributed by atoms with Crippen molar-refractivity contribution in [3.05, 3.63) is 64.4 Å². The number of carbonyl (C=O) groups is 1. The van der Waals surface area contributed by atoms with Crippen LogP contribution in [0.4, 0.5) is 4.39 Å². The van der Waals surface area contributed by atoms with Gasteiger partial charge in [0.05, 0.1) is 6.04 Å². The van der Waals surface area contributed by atoms with Crippen molar-refractivity contribution in [2.24, 2.45) is 0 Å². The monoisotopic (exact) mass is 365 g/mol. The molecule has 2 atom stereocenters. The summed E-state index contributed by atoms with van der Waals surface area (Å²) in [5, 5.41) is 2.85. The summed E-state index contributed by atoms with van der Waals surface area (Å²) in [4.78, 5) is 12.1. The second-order valence-corrected chi connectivity index (χ2v) is 5.89. The average Bonchev–Trinajstić information content (AvgIpc) is 2.50. The van der Waals surface area contributed by atoms with Crippen LogP contribution in [0.3, 0.4) is 0 Å². The molecule has 2 aromatic rings. The van der Waals surface area contributed by atoms with Crippen LogP contribution in [0.5, 0.6) is 5.75 Å². The molecule has 116 valence electrons. The molecule has 0 spiro atoms. The second-order valence-electron chi connectivity index (χ2n) is 4.98. The zero-order valence-electron chi connectivity index (χ0n) is 12.3. The van der Waals surface area contributed by atoms with Gasteiger partial charge in [0.25, 0.3) is 5.91 Å². The molecule has 2 aromatic carbocycles. The van der Waals surface area contributed by atoms with E-state index < -0.39 is 11.9 Å². The van der Waals surface area contributed by atoms with Gasteiger partial charge in [0.15, 0.2) is 17.7 Å². The summed E-state index contributed by atoms with van der Waals surface area (Å²) in [7, 11) is 0. The maximum absolute atomic E-state index is 13.7. The molecular weight excluding hydrogens is 349 g/mol. The maximum atomic E-state index is 13.7. The van der Waals surface area contributed by atoms with E-state index >= 15 is 0 Å². The highest BCUT2D eigenvalue weighted by Crippen LogP contribution is 2.22. The van der Waals surface area contributed by atoms with Crippen molar-refractivity contribution < 1.29 is 13.9 Å². The topological polar surface area (TPSA) is 38.3 Å². The second kappa shape index (κ2) is 7.40. The lowest BCUT2D eigenvalue weighted by Crippen LogP contribution is -2.37. The molecule has 2 unspecified atom stereocenters. The van der Waals surface area contributed by atoms with Crippen LogP contribution >= 0.6 is 15.9 Å². The van der Waals surface area contributed by atoms with Crippen molar-refractivity contribution in [1.29, 1.82) is 0 Å². The summed E-state index contributed by atoms with van der Waals surface area (Å²) in [6.07, 6.45) is -0.790. The Balaban J connectivity index is 1.97. The predicted molar refractivity (Wildman–Crippen MR) is 87.2 cm³/mol. The van der Waals surface area contributed by atoms with E-state index in [0.29, 0.717) is 4.47 Å². The normalized spacial score (nSPS) is 13.3. The summed E-state index contributed by atoms with van der Waals surface area (Å²) in [5.74, 6) is -0.748. The van der Waals surface area contributed by atoms with Gasteiger partial charge in [-0.15, -0.1) is 0 Å². The number of hydrogen-bond acceptors (Lipinski definition) is 2. The van der Waals surface area contributed by atoms with E-state index in [4.69, 9.17) is 4.74 Å². The summed E-state index contributed by atoms with van der Waals surface area (Å²) < 4.78 is 19.7. The van der Waals surface area contributed by atoms with Crippen molar-refractivity contribution in [3.8, 4) is 5.75 Å². The molecule has 0 saturated carbocycles. The summed E-state index contributed by atoms with van der Waals surface area (Å²) >= 11 is 3.18. The average molecular weight is 366 g/mol. The van der Waals surface area contributed by atoms with Gasteiger partial charge >= 0.3 is 0 Å². The van der Waals surface area contributed by atoms with Gasteiger partial charge in [-0.3, -0.25) is 4.79 Å². The Kier molecular flexibility index (Phi) is 5.55. The van der Waals surface area contributed by atoms with E-state index in [1.807, 2.05) is 37.3 Å². The van der Waals surface area contributed by atoms with Crippen molar-refractivity contribution in [3.63, 3.8) is 0 Å². The minimum Gasteiger partial charge on any atom is -0.478 e. The highest BCUT2D eigenvalue weighted by Gasteiger charge is 2.19. The third-order valence-electron chi connectivity index (χ3n) is 3.23. The van der Waals surface area contributed by atoms with E-state index in [9.17, 15) is 9.18 Å². The van der Waals surface area contributed by atoms with Crippen LogP contribution < -0.4 is 10.1 Å². The number of hydrogen-bond donors (Lipinski definition) is 1. The quantitative estimate of drug-likeness (QED) is 0.860. The van der Waals surface area contributed by atoms with E-state index in [-0.39, 0.29) is 17.7 Å². The molecule has 0 aromatic heterocycles. The van der Waals surface area contributed by atoms with Crippen molar-refractivity contribution in [1.82, 2.24) is 5.32 Å². The van der Waals surface area contributed by atoms with Crippen LogP contribution in [0.25, 0.3) is 0 Å². The molecule has 0 fully saturated rings. The fraction of sp³-hybridized carbons (Fsp3) is 0.235. The molecular formula is C17H17BrFNO2. The molecule has 0 aliphatic rings. The summed E-state index contributed by atoms with van der Waals surface area (Å²) in [5.41, 5.74) is 0.998. The van der Waals surface area contributed by atoms with Gasteiger partial charge in [-0.05, 0) is 37.6 Å². The minimum absolute atomic E-state index is 0.0539. The SMILES string of the molecule is CC(Oc1ccc(Br)cc1F)C(=O)NC(C)c1ccccc1. The minimum atomic E-state index is -0.790. The van der Waals surface area contributed by atoms with Crippen LogP contribution in [-0.4, -0.2) is 12.0 Å². The summed E-state index contributed by atoms with van der Waals surface area (Å²) in [6, 6.07) is 13.9. The van der Waals surface area contributed by atoms with Crippen LogP contribution in [-0.2, 0) is 4.79 Å². The Morgan fingerprint density at radius 2 is 1.86 bits per heavy atom. The molecule has 3 nitrogen and oxygen atoms in total. The third-order valence-corrected chi connectivity index (χ3v) is 3.72. The highest BCUT2D eigenvalue weighted by molar-refractivity contribution is 9.10. The van der Waals surface area contributed by atoms with Gasteiger partial charge in [-0.25, -0.2) is 4.39 Å².